The van der Waals surface area contributed by atoms with Crippen molar-refractivity contribution < 1.29 is 8.78 Å². The average molecular weight is 198 g/mol. The summed E-state index contributed by atoms with van der Waals surface area (Å²) in [4.78, 5) is 0. The first-order valence-corrected chi connectivity index (χ1v) is 5.14. The molecule has 0 N–H and O–H groups in total. The molecule has 1 fully saturated rings. The summed E-state index contributed by atoms with van der Waals surface area (Å²) < 4.78 is 26.1. The van der Waals surface area contributed by atoms with Gasteiger partial charge in [-0.25, -0.2) is 8.78 Å². The van der Waals surface area contributed by atoms with Gasteiger partial charge in [0.15, 0.2) is 0 Å². The van der Waals surface area contributed by atoms with Crippen molar-refractivity contribution in [3.05, 3.63) is 34.9 Å². The van der Waals surface area contributed by atoms with Crippen LogP contribution in [-0.2, 0) is 0 Å². The molecule has 0 aromatic heterocycles. The molecule has 0 radical (unpaired) electrons. The standard InChI is InChI=1S/C10H10F2.C2H6/c1-6-4-10(12)8(5-9(6)11)7-2-3-7;1-2/h4-5,7H,2-3H2,1H3;1-2H3. The van der Waals surface area contributed by atoms with Gasteiger partial charge in [0.1, 0.15) is 11.6 Å². The van der Waals surface area contributed by atoms with Crippen LogP contribution in [0.4, 0.5) is 8.78 Å². The van der Waals surface area contributed by atoms with E-state index >= 15 is 0 Å². The molecule has 1 aromatic rings. The summed E-state index contributed by atoms with van der Waals surface area (Å²) in [7, 11) is 0. The summed E-state index contributed by atoms with van der Waals surface area (Å²) in [5.74, 6) is -0.269. The smallest absolute Gasteiger partial charge is 0.127 e. The predicted octanol–water partition coefficient (Wildman–Crippen LogP) is 4.18. The van der Waals surface area contributed by atoms with E-state index in [0.29, 0.717) is 11.1 Å². The fraction of sp³-hybridized carbons (Fsp3) is 0.500. The lowest BCUT2D eigenvalue weighted by molar-refractivity contribution is 0.579. The van der Waals surface area contributed by atoms with Gasteiger partial charge >= 0.3 is 0 Å². The maximum atomic E-state index is 13.2. The van der Waals surface area contributed by atoms with Crippen molar-refractivity contribution in [2.75, 3.05) is 0 Å². The molecule has 2 rings (SSSR count). The highest BCUT2D eigenvalue weighted by Gasteiger charge is 2.27. The lowest BCUT2D eigenvalue weighted by Gasteiger charge is -2.02. The average Bonchev–Trinajstić information content (AvgIpc) is 2.98. The van der Waals surface area contributed by atoms with Crippen LogP contribution in [0.1, 0.15) is 43.7 Å². The molecule has 0 spiro atoms. The zero-order valence-electron chi connectivity index (χ0n) is 8.90. The van der Waals surface area contributed by atoms with E-state index in [2.05, 4.69) is 0 Å². The molecular weight excluding hydrogens is 182 g/mol. The summed E-state index contributed by atoms with van der Waals surface area (Å²) in [6, 6.07) is 2.62. The fourth-order valence-electron chi connectivity index (χ4n) is 1.37. The van der Waals surface area contributed by atoms with Gasteiger partial charge < -0.3 is 0 Å². The van der Waals surface area contributed by atoms with Crippen molar-refractivity contribution in [3.8, 4) is 0 Å². The molecule has 0 saturated heterocycles. The maximum Gasteiger partial charge on any atom is 0.127 e. The van der Waals surface area contributed by atoms with E-state index in [9.17, 15) is 8.78 Å². The molecule has 1 saturated carbocycles. The molecule has 0 aliphatic heterocycles. The third kappa shape index (κ3) is 2.31. The molecule has 1 aliphatic rings. The van der Waals surface area contributed by atoms with Gasteiger partial charge in [0, 0.05) is 0 Å². The summed E-state index contributed by atoms with van der Waals surface area (Å²) in [6.07, 6.45) is 2.00. The third-order valence-electron chi connectivity index (χ3n) is 2.30. The molecule has 0 unspecified atom stereocenters. The molecule has 78 valence electrons. The first kappa shape index (κ1) is 11.2. The summed E-state index contributed by atoms with van der Waals surface area (Å²) in [5, 5.41) is 0. The first-order valence-electron chi connectivity index (χ1n) is 5.14. The number of hydrogen-bond donors (Lipinski definition) is 0. The predicted molar refractivity (Wildman–Crippen MR) is 54.4 cm³/mol. The Bertz CT molecular complexity index is 314. The van der Waals surface area contributed by atoms with Crippen molar-refractivity contribution in [2.24, 2.45) is 0 Å². The first-order chi connectivity index (χ1) is 6.68. The minimum absolute atomic E-state index is 0.253. The van der Waals surface area contributed by atoms with Crippen LogP contribution in [0.3, 0.4) is 0 Å². The SMILES string of the molecule is CC.Cc1cc(F)c(C2CC2)cc1F. The van der Waals surface area contributed by atoms with Crippen LogP contribution in [0.15, 0.2) is 12.1 Å². The number of benzene rings is 1. The number of aryl methyl sites for hydroxylation is 1. The van der Waals surface area contributed by atoms with Gasteiger partial charge in [-0.2, -0.15) is 0 Å². The third-order valence-corrected chi connectivity index (χ3v) is 2.30. The van der Waals surface area contributed by atoms with E-state index in [-0.39, 0.29) is 17.6 Å². The van der Waals surface area contributed by atoms with Crippen molar-refractivity contribution >= 4 is 0 Å². The Labute approximate surface area is 84.0 Å². The number of hydrogen-bond acceptors (Lipinski definition) is 0. The van der Waals surface area contributed by atoms with Gasteiger partial charge in [-0.15, -0.1) is 0 Å². The van der Waals surface area contributed by atoms with Crippen LogP contribution in [-0.4, -0.2) is 0 Å². The van der Waals surface area contributed by atoms with E-state index in [0.717, 1.165) is 12.8 Å². The van der Waals surface area contributed by atoms with Gasteiger partial charge in [-0.1, -0.05) is 13.8 Å². The van der Waals surface area contributed by atoms with Gasteiger partial charge in [-0.05, 0) is 48.9 Å². The van der Waals surface area contributed by atoms with Crippen molar-refractivity contribution in [3.63, 3.8) is 0 Å². The molecule has 0 atom stereocenters. The normalized spacial score (nSPS) is 14.6. The van der Waals surface area contributed by atoms with Crippen molar-refractivity contribution in [1.29, 1.82) is 0 Å². The van der Waals surface area contributed by atoms with E-state index in [1.54, 1.807) is 6.92 Å². The molecule has 2 heteroatoms. The van der Waals surface area contributed by atoms with Crippen LogP contribution < -0.4 is 0 Å². The Morgan fingerprint density at radius 2 is 1.64 bits per heavy atom. The second-order valence-corrected chi connectivity index (χ2v) is 3.40. The summed E-state index contributed by atoms with van der Waals surface area (Å²) in [5.41, 5.74) is 0.940. The van der Waals surface area contributed by atoms with Crippen molar-refractivity contribution in [1.82, 2.24) is 0 Å². The highest BCUT2D eigenvalue weighted by molar-refractivity contribution is 5.30. The van der Waals surface area contributed by atoms with E-state index < -0.39 is 0 Å². The molecule has 14 heavy (non-hydrogen) atoms. The molecule has 1 aromatic carbocycles. The Balaban J connectivity index is 0.000000461. The van der Waals surface area contributed by atoms with Crippen LogP contribution in [0.2, 0.25) is 0 Å². The van der Waals surface area contributed by atoms with Crippen LogP contribution in [0, 0.1) is 18.6 Å². The van der Waals surface area contributed by atoms with Gasteiger partial charge in [0.2, 0.25) is 0 Å². The summed E-state index contributed by atoms with van der Waals surface area (Å²) in [6.45, 7) is 5.58. The van der Waals surface area contributed by atoms with Crippen molar-refractivity contribution in [2.45, 2.75) is 39.5 Å². The second kappa shape index (κ2) is 4.54. The van der Waals surface area contributed by atoms with Crippen LogP contribution >= 0.6 is 0 Å². The molecular formula is C12H16F2. The van der Waals surface area contributed by atoms with Gasteiger partial charge in [-0.3, -0.25) is 0 Å². The van der Waals surface area contributed by atoms with Crippen LogP contribution in [0.5, 0.6) is 0 Å². The summed E-state index contributed by atoms with van der Waals surface area (Å²) >= 11 is 0. The zero-order valence-corrected chi connectivity index (χ0v) is 8.90. The van der Waals surface area contributed by atoms with E-state index in [4.69, 9.17) is 0 Å². The lowest BCUT2D eigenvalue weighted by atomic mass is 10.1. The number of halogens is 2. The van der Waals surface area contributed by atoms with E-state index in [1.807, 2.05) is 13.8 Å². The van der Waals surface area contributed by atoms with E-state index in [1.165, 1.54) is 12.1 Å². The Morgan fingerprint density at radius 3 is 2.14 bits per heavy atom. The Hall–Kier alpha value is -0.920. The highest BCUT2D eigenvalue weighted by Crippen LogP contribution is 2.41. The monoisotopic (exact) mass is 198 g/mol. The van der Waals surface area contributed by atoms with Gasteiger partial charge in [0.25, 0.3) is 0 Å². The molecule has 0 amide bonds. The molecule has 0 heterocycles. The number of rotatable bonds is 1. The molecule has 0 nitrogen and oxygen atoms in total. The lowest BCUT2D eigenvalue weighted by Crippen LogP contribution is -1.92. The zero-order chi connectivity index (χ0) is 10.7. The maximum absolute atomic E-state index is 13.2. The largest absolute Gasteiger partial charge is 0.207 e. The van der Waals surface area contributed by atoms with Crippen LogP contribution in [0.25, 0.3) is 0 Å². The molecule has 0 bridgehead atoms. The quantitative estimate of drug-likeness (QED) is 0.635. The second-order valence-electron chi connectivity index (χ2n) is 3.40. The van der Waals surface area contributed by atoms with Gasteiger partial charge in [0.05, 0.1) is 0 Å². The highest BCUT2D eigenvalue weighted by atomic mass is 19.1. The minimum Gasteiger partial charge on any atom is -0.207 e. The topological polar surface area (TPSA) is 0 Å². The Morgan fingerprint density at radius 1 is 1.07 bits per heavy atom. The fourth-order valence-corrected chi connectivity index (χ4v) is 1.37. The molecule has 1 aliphatic carbocycles. The Kier molecular flexibility index (Phi) is 3.62. The minimum atomic E-state index is -0.293.